The summed E-state index contributed by atoms with van der Waals surface area (Å²) >= 11 is 0. The number of hydrogen-bond donors (Lipinski definition) is 0. The molecule has 134 valence electrons. The van der Waals surface area contributed by atoms with Crippen molar-refractivity contribution in [2.75, 3.05) is 31.1 Å². The van der Waals surface area contributed by atoms with Gasteiger partial charge in [-0.05, 0) is 52.3 Å². The number of hydrogen-bond acceptors (Lipinski definition) is 5. The molecule has 1 amide bonds. The molecular weight excluding hydrogens is 316 g/mol. The molecular formula is C18H26N6O. The second kappa shape index (κ2) is 7.21. The van der Waals surface area contributed by atoms with Gasteiger partial charge in [-0.2, -0.15) is 10.2 Å². The maximum absolute atomic E-state index is 12.9. The minimum absolute atomic E-state index is 0.128. The van der Waals surface area contributed by atoms with Crippen molar-refractivity contribution in [3.63, 3.8) is 0 Å². The second-order valence-electron chi connectivity index (χ2n) is 6.75. The molecule has 0 bridgehead atoms. The third kappa shape index (κ3) is 3.81. The summed E-state index contributed by atoms with van der Waals surface area (Å²) in [6, 6.07) is 5.70. The van der Waals surface area contributed by atoms with Crippen LogP contribution in [0.2, 0.25) is 0 Å². The third-order valence-corrected chi connectivity index (χ3v) is 4.68. The van der Waals surface area contributed by atoms with Gasteiger partial charge in [0, 0.05) is 31.9 Å². The number of rotatable bonds is 3. The Hall–Kier alpha value is -2.44. The van der Waals surface area contributed by atoms with E-state index < -0.39 is 0 Å². The van der Waals surface area contributed by atoms with Gasteiger partial charge >= 0.3 is 0 Å². The molecule has 1 saturated heterocycles. The van der Waals surface area contributed by atoms with Crippen LogP contribution in [0.15, 0.2) is 18.2 Å². The molecule has 25 heavy (non-hydrogen) atoms. The summed E-state index contributed by atoms with van der Waals surface area (Å²) in [5, 5.41) is 12.9. The first-order valence-electron chi connectivity index (χ1n) is 8.82. The highest BCUT2D eigenvalue weighted by Gasteiger charge is 2.26. The fourth-order valence-electron chi connectivity index (χ4n) is 3.33. The van der Waals surface area contributed by atoms with Gasteiger partial charge < -0.3 is 9.80 Å². The van der Waals surface area contributed by atoms with E-state index in [-0.39, 0.29) is 11.9 Å². The minimum atomic E-state index is -0.278. The smallest absolute Gasteiger partial charge is 0.247 e. The van der Waals surface area contributed by atoms with Crippen molar-refractivity contribution in [2.24, 2.45) is 0 Å². The van der Waals surface area contributed by atoms with E-state index in [0.717, 1.165) is 49.0 Å². The zero-order valence-electron chi connectivity index (χ0n) is 15.4. The van der Waals surface area contributed by atoms with Crippen LogP contribution in [0.25, 0.3) is 0 Å². The van der Waals surface area contributed by atoms with Gasteiger partial charge in [0.05, 0.1) is 11.4 Å². The van der Waals surface area contributed by atoms with E-state index in [1.165, 1.54) is 0 Å². The van der Waals surface area contributed by atoms with Crippen LogP contribution in [0.3, 0.4) is 0 Å². The van der Waals surface area contributed by atoms with Crippen molar-refractivity contribution >= 4 is 11.7 Å². The zero-order valence-corrected chi connectivity index (χ0v) is 15.4. The lowest BCUT2D eigenvalue weighted by Crippen LogP contribution is -2.39. The van der Waals surface area contributed by atoms with Gasteiger partial charge in [-0.15, -0.1) is 5.10 Å². The lowest BCUT2D eigenvalue weighted by atomic mass is 10.2. The number of nitrogens with zero attached hydrogens (tertiary/aromatic N) is 6. The topological polar surface area (TPSA) is 67.2 Å². The molecule has 1 atom stereocenters. The number of aryl methyl sites for hydroxylation is 3. The van der Waals surface area contributed by atoms with Crippen molar-refractivity contribution in [2.45, 2.75) is 40.2 Å². The summed E-state index contributed by atoms with van der Waals surface area (Å²) in [5.41, 5.74) is 2.87. The first-order chi connectivity index (χ1) is 12.0. The number of carbonyl (C=O) groups is 1. The van der Waals surface area contributed by atoms with Crippen LogP contribution < -0.4 is 4.90 Å². The van der Waals surface area contributed by atoms with Crippen LogP contribution in [-0.4, -0.2) is 57.0 Å². The van der Waals surface area contributed by atoms with Crippen LogP contribution in [-0.2, 0) is 4.79 Å². The van der Waals surface area contributed by atoms with Gasteiger partial charge in [0.2, 0.25) is 5.91 Å². The molecule has 0 aliphatic carbocycles. The molecule has 7 nitrogen and oxygen atoms in total. The molecule has 3 heterocycles. The van der Waals surface area contributed by atoms with E-state index in [4.69, 9.17) is 0 Å². The van der Waals surface area contributed by atoms with Crippen molar-refractivity contribution in [1.29, 1.82) is 0 Å². The average molecular weight is 342 g/mol. The molecule has 0 N–H and O–H groups in total. The Bertz CT molecular complexity index is 739. The van der Waals surface area contributed by atoms with Gasteiger partial charge in [-0.25, -0.2) is 0 Å². The Morgan fingerprint density at radius 2 is 1.84 bits per heavy atom. The standard InChI is InChI=1S/C18H26N6O/c1-13-6-7-17(20-19-13)22-8-5-9-23(11-10-22)18(25)16(4)24-15(3)12-14(2)21-24/h6-7,12,16H,5,8-11H2,1-4H3. The van der Waals surface area contributed by atoms with Gasteiger partial charge in [-0.3, -0.25) is 9.48 Å². The highest BCUT2D eigenvalue weighted by atomic mass is 16.2. The molecule has 0 radical (unpaired) electrons. The molecule has 0 spiro atoms. The highest BCUT2D eigenvalue weighted by molar-refractivity contribution is 5.80. The Kier molecular flexibility index (Phi) is 5.01. The SMILES string of the molecule is Cc1ccc(N2CCCN(C(=O)C(C)n3nc(C)cc3C)CC2)nn1. The number of carbonyl (C=O) groups excluding carboxylic acids is 1. The maximum atomic E-state index is 12.9. The van der Waals surface area contributed by atoms with E-state index in [1.54, 1.807) is 0 Å². The predicted octanol–water partition coefficient (Wildman–Crippen LogP) is 1.90. The number of amides is 1. The first kappa shape index (κ1) is 17.4. The normalized spacial score (nSPS) is 16.6. The zero-order chi connectivity index (χ0) is 18.0. The summed E-state index contributed by atoms with van der Waals surface area (Å²) in [6.07, 6.45) is 0.922. The van der Waals surface area contributed by atoms with Crippen LogP contribution in [0, 0.1) is 20.8 Å². The van der Waals surface area contributed by atoms with E-state index in [1.807, 2.05) is 55.5 Å². The molecule has 2 aromatic rings. The van der Waals surface area contributed by atoms with E-state index >= 15 is 0 Å². The van der Waals surface area contributed by atoms with Crippen molar-refractivity contribution in [1.82, 2.24) is 24.9 Å². The number of anilines is 1. The molecule has 1 unspecified atom stereocenters. The fourth-order valence-corrected chi connectivity index (χ4v) is 3.33. The summed E-state index contributed by atoms with van der Waals surface area (Å²) in [6.45, 7) is 10.9. The number of aromatic nitrogens is 4. The summed E-state index contributed by atoms with van der Waals surface area (Å²) in [7, 11) is 0. The lowest BCUT2D eigenvalue weighted by Gasteiger charge is -2.25. The molecule has 2 aromatic heterocycles. The van der Waals surface area contributed by atoms with Crippen LogP contribution >= 0.6 is 0 Å². The Morgan fingerprint density at radius 3 is 2.48 bits per heavy atom. The van der Waals surface area contributed by atoms with Crippen molar-refractivity contribution in [3.05, 3.63) is 35.3 Å². The lowest BCUT2D eigenvalue weighted by molar-refractivity contribution is -0.134. The van der Waals surface area contributed by atoms with Gasteiger partial charge in [0.25, 0.3) is 0 Å². The van der Waals surface area contributed by atoms with E-state index in [0.29, 0.717) is 6.54 Å². The van der Waals surface area contributed by atoms with Gasteiger partial charge in [-0.1, -0.05) is 0 Å². The average Bonchev–Trinajstić information content (AvgIpc) is 2.79. The maximum Gasteiger partial charge on any atom is 0.247 e. The van der Waals surface area contributed by atoms with Crippen LogP contribution in [0.4, 0.5) is 5.82 Å². The first-order valence-corrected chi connectivity index (χ1v) is 8.82. The second-order valence-corrected chi connectivity index (χ2v) is 6.75. The minimum Gasteiger partial charge on any atom is -0.353 e. The summed E-state index contributed by atoms with van der Waals surface area (Å²) in [5.74, 6) is 1.01. The molecule has 1 fully saturated rings. The summed E-state index contributed by atoms with van der Waals surface area (Å²) in [4.78, 5) is 17.1. The highest BCUT2D eigenvalue weighted by Crippen LogP contribution is 2.17. The summed E-state index contributed by atoms with van der Waals surface area (Å²) < 4.78 is 1.83. The van der Waals surface area contributed by atoms with E-state index in [9.17, 15) is 4.79 Å². The fraction of sp³-hybridized carbons (Fsp3) is 0.556. The van der Waals surface area contributed by atoms with Crippen LogP contribution in [0.1, 0.15) is 36.5 Å². The Labute approximate surface area is 148 Å². The molecule has 3 rings (SSSR count). The molecule has 1 aliphatic rings. The molecule has 0 aromatic carbocycles. The van der Waals surface area contributed by atoms with E-state index in [2.05, 4.69) is 20.2 Å². The predicted molar refractivity (Wildman–Crippen MR) is 96.6 cm³/mol. The monoisotopic (exact) mass is 342 g/mol. The molecule has 0 saturated carbocycles. The van der Waals surface area contributed by atoms with Crippen molar-refractivity contribution in [3.8, 4) is 0 Å². The Morgan fingerprint density at radius 1 is 1.04 bits per heavy atom. The largest absolute Gasteiger partial charge is 0.353 e. The third-order valence-electron chi connectivity index (χ3n) is 4.68. The van der Waals surface area contributed by atoms with Gasteiger partial charge in [0.1, 0.15) is 6.04 Å². The molecule has 1 aliphatic heterocycles. The van der Waals surface area contributed by atoms with Crippen molar-refractivity contribution < 1.29 is 4.79 Å². The quantitative estimate of drug-likeness (QED) is 0.852. The van der Waals surface area contributed by atoms with Gasteiger partial charge in [0.15, 0.2) is 5.82 Å². The molecule has 7 heteroatoms. The van der Waals surface area contributed by atoms with Crippen LogP contribution in [0.5, 0.6) is 0 Å². The Balaban J connectivity index is 1.67.